The largest absolute Gasteiger partial charge is 0.496 e. The fourth-order valence-corrected chi connectivity index (χ4v) is 2.63. The Hall–Kier alpha value is -2.17. The topological polar surface area (TPSA) is 44.8 Å². The van der Waals surface area contributed by atoms with Gasteiger partial charge in [0.05, 0.1) is 26.4 Å². The molecular formula is C18H16Cl2O4. The van der Waals surface area contributed by atoms with Crippen molar-refractivity contribution in [2.75, 3.05) is 21.3 Å². The van der Waals surface area contributed by atoms with Crippen molar-refractivity contribution >= 4 is 35.1 Å². The summed E-state index contributed by atoms with van der Waals surface area (Å²) < 4.78 is 15.8. The zero-order chi connectivity index (χ0) is 17.7. The molecular weight excluding hydrogens is 351 g/mol. The molecule has 0 bridgehead atoms. The van der Waals surface area contributed by atoms with Gasteiger partial charge in [-0.3, -0.25) is 4.79 Å². The van der Waals surface area contributed by atoms with E-state index in [0.717, 1.165) is 0 Å². The van der Waals surface area contributed by atoms with Gasteiger partial charge in [-0.2, -0.15) is 0 Å². The van der Waals surface area contributed by atoms with Crippen LogP contribution < -0.4 is 14.2 Å². The molecule has 0 saturated heterocycles. The minimum absolute atomic E-state index is 0.242. The minimum Gasteiger partial charge on any atom is -0.496 e. The van der Waals surface area contributed by atoms with Crippen molar-refractivity contribution in [2.45, 2.75) is 0 Å². The molecule has 0 aliphatic rings. The van der Waals surface area contributed by atoms with Gasteiger partial charge in [-0.15, -0.1) is 0 Å². The number of methoxy groups -OCH3 is 3. The number of hydrogen-bond donors (Lipinski definition) is 0. The molecule has 2 rings (SSSR count). The second-order valence-corrected chi connectivity index (χ2v) is 5.61. The van der Waals surface area contributed by atoms with Gasteiger partial charge in [0.2, 0.25) is 0 Å². The highest BCUT2D eigenvalue weighted by molar-refractivity contribution is 6.37. The Morgan fingerprint density at radius 1 is 0.917 bits per heavy atom. The normalized spacial score (nSPS) is 10.7. The van der Waals surface area contributed by atoms with E-state index in [2.05, 4.69) is 0 Å². The maximum absolute atomic E-state index is 12.3. The van der Waals surface area contributed by atoms with E-state index >= 15 is 0 Å². The molecule has 6 heteroatoms. The number of ketones is 1. The van der Waals surface area contributed by atoms with Crippen LogP contribution in [0, 0.1) is 0 Å². The van der Waals surface area contributed by atoms with E-state index in [1.54, 1.807) is 37.5 Å². The van der Waals surface area contributed by atoms with E-state index in [9.17, 15) is 4.79 Å². The van der Waals surface area contributed by atoms with Gasteiger partial charge in [-0.25, -0.2) is 0 Å². The van der Waals surface area contributed by atoms with Crippen LogP contribution in [-0.4, -0.2) is 27.1 Å². The van der Waals surface area contributed by atoms with Crippen molar-refractivity contribution < 1.29 is 19.0 Å². The van der Waals surface area contributed by atoms with Gasteiger partial charge in [0.1, 0.15) is 5.75 Å². The first-order valence-electron chi connectivity index (χ1n) is 6.97. The molecule has 0 aromatic heterocycles. The van der Waals surface area contributed by atoms with Gasteiger partial charge in [0.25, 0.3) is 0 Å². The van der Waals surface area contributed by atoms with E-state index in [1.165, 1.54) is 26.4 Å². The first kappa shape index (κ1) is 18.2. The first-order valence-corrected chi connectivity index (χ1v) is 7.73. The lowest BCUT2D eigenvalue weighted by atomic mass is 10.1. The third-order valence-corrected chi connectivity index (χ3v) is 3.89. The van der Waals surface area contributed by atoms with Gasteiger partial charge in [0.15, 0.2) is 17.3 Å². The Balaban J connectivity index is 2.35. The van der Waals surface area contributed by atoms with Crippen molar-refractivity contribution in [3.05, 3.63) is 57.6 Å². The molecule has 0 atom stereocenters. The zero-order valence-corrected chi connectivity index (χ0v) is 14.9. The lowest BCUT2D eigenvalue weighted by Gasteiger charge is -2.12. The molecule has 0 heterocycles. The molecule has 0 radical (unpaired) electrons. The summed E-state index contributed by atoms with van der Waals surface area (Å²) in [4.78, 5) is 12.3. The molecule has 2 aromatic rings. The third kappa shape index (κ3) is 4.02. The lowest BCUT2D eigenvalue weighted by Crippen LogP contribution is -1.97. The third-order valence-electron chi connectivity index (χ3n) is 3.35. The number of ether oxygens (including phenoxy) is 3. The molecule has 24 heavy (non-hydrogen) atoms. The molecule has 0 aliphatic carbocycles. The number of allylic oxidation sites excluding steroid dienone is 1. The van der Waals surface area contributed by atoms with Crippen molar-refractivity contribution in [1.82, 2.24) is 0 Å². The molecule has 0 unspecified atom stereocenters. The highest BCUT2D eigenvalue weighted by Crippen LogP contribution is 2.35. The number of hydrogen-bond acceptors (Lipinski definition) is 4. The van der Waals surface area contributed by atoms with Crippen molar-refractivity contribution in [2.24, 2.45) is 0 Å². The van der Waals surface area contributed by atoms with Crippen molar-refractivity contribution in [3.8, 4) is 17.2 Å². The van der Waals surface area contributed by atoms with Crippen LogP contribution in [-0.2, 0) is 0 Å². The Labute approximate surface area is 150 Å². The summed E-state index contributed by atoms with van der Waals surface area (Å²) in [6, 6.07) is 8.15. The van der Waals surface area contributed by atoms with Gasteiger partial charge >= 0.3 is 0 Å². The van der Waals surface area contributed by atoms with Gasteiger partial charge in [-0.1, -0.05) is 23.2 Å². The van der Waals surface area contributed by atoms with Crippen LogP contribution in [0.1, 0.15) is 15.9 Å². The molecule has 0 amide bonds. The quantitative estimate of drug-likeness (QED) is 0.537. The maximum atomic E-state index is 12.3. The highest BCUT2D eigenvalue weighted by Gasteiger charge is 2.12. The molecule has 0 aliphatic heterocycles. The summed E-state index contributed by atoms with van der Waals surface area (Å²) in [6.45, 7) is 0. The summed E-state index contributed by atoms with van der Waals surface area (Å²) >= 11 is 11.9. The monoisotopic (exact) mass is 366 g/mol. The predicted molar refractivity (Wildman–Crippen MR) is 95.9 cm³/mol. The summed E-state index contributed by atoms with van der Waals surface area (Å²) in [5, 5.41) is 0.776. The molecule has 0 saturated carbocycles. The Kier molecular flexibility index (Phi) is 6.12. The fourth-order valence-electron chi connectivity index (χ4n) is 2.13. The standard InChI is InChI=1S/C18H16Cl2O4/c1-22-16-10-18(24-3)17(23-2)8-11(16)4-7-15(21)13-6-5-12(19)9-14(13)20/h4-10H,1-3H3/b7-4+. The molecule has 2 aromatic carbocycles. The second kappa shape index (κ2) is 8.08. The van der Waals surface area contributed by atoms with Crippen LogP contribution in [0.15, 0.2) is 36.4 Å². The number of halogens is 2. The molecule has 0 fully saturated rings. The SMILES string of the molecule is COc1cc(OC)c(OC)cc1/C=C/C(=O)c1ccc(Cl)cc1Cl. The molecule has 0 N–H and O–H groups in total. The zero-order valence-electron chi connectivity index (χ0n) is 13.4. The summed E-state index contributed by atoms with van der Waals surface area (Å²) in [6.07, 6.45) is 3.05. The van der Waals surface area contributed by atoms with E-state index in [1.807, 2.05) is 0 Å². The van der Waals surface area contributed by atoms with E-state index < -0.39 is 0 Å². The van der Waals surface area contributed by atoms with Gasteiger partial charge in [-0.05, 0) is 36.4 Å². The average Bonchev–Trinajstić information content (AvgIpc) is 2.58. The van der Waals surface area contributed by atoms with Crippen LogP contribution in [0.5, 0.6) is 17.2 Å². The van der Waals surface area contributed by atoms with Crippen molar-refractivity contribution in [1.29, 1.82) is 0 Å². The fraction of sp³-hybridized carbons (Fsp3) is 0.167. The van der Waals surface area contributed by atoms with Gasteiger partial charge < -0.3 is 14.2 Å². The van der Waals surface area contributed by atoms with E-state index in [0.29, 0.717) is 38.4 Å². The Bertz CT molecular complexity index is 785. The number of benzene rings is 2. The second-order valence-electron chi connectivity index (χ2n) is 4.77. The number of rotatable bonds is 6. The van der Waals surface area contributed by atoms with Crippen LogP contribution >= 0.6 is 23.2 Å². The summed E-state index contributed by atoms with van der Waals surface area (Å²) in [7, 11) is 4.62. The molecule has 126 valence electrons. The lowest BCUT2D eigenvalue weighted by molar-refractivity contribution is 0.104. The van der Waals surface area contributed by atoms with E-state index in [4.69, 9.17) is 37.4 Å². The van der Waals surface area contributed by atoms with Crippen LogP contribution in [0.4, 0.5) is 0 Å². The minimum atomic E-state index is -0.242. The molecule has 0 spiro atoms. The molecule has 4 nitrogen and oxygen atoms in total. The number of carbonyl (C=O) groups excluding carboxylic acids is 1. The van der Waals surface area contributed by atoms with Crippen LogP contribution in [0.3, 0.4) is 0 Å². The van der Waals surface area contributed by atoms with Crippen LogP contribution in [0.25, 0.3) is 6.08 Å². The van der Waals surface area contributed by atoms with Crippen LogP contribution in [0.2, 0.25) is 10.0 Å². The summed E-state index contributed by atoms with van der Waals surface area (Å²) in [5.41, 5.74) is 1.05. The van der Waals surface area contributed by atoms with Crippen molar-refractivity contribution in [3.63, 3.8) is 0 Å². The highest BCUT2D eigenvalue weighted by atomic mass is 35.5. The Morgan fingerprint density at radius 3 is 2.12 bits per heavy atom. The summed E-state index contributed by atoms with van der Waals surface area (Å²) in [5.74, 6) is 1.39. The first-order chi connectivity index (χ1) is 11.5. The van der Waals surface area contributed by atoms with E-state index in [-0.39, 0.29) is 5.78 Å². The smallest absolute Gasteiger partial charge is 0.187 e. The average molecular weight is 367 g/mol. The van der Waals surface area contributed by atoms with Gasteiger partial charge in [0, 0.05) is 22.2 Å². The Morgan fingerprint density at radius 2 is 1.54 bits per heavy atom. The predicted octanol–water partition coefficient (Wildman–Crippen LogP) is 4.92. The maximum Gasteiger partial charge on any atom is 0.187 e. The number of carbonyl (C=O) groups is 1.